The number of aromatic nitrogens is 5. The molecule has 0 saturated carbocycles. The van der Waals surface area contributed by atoms with Crippen LogP contribution >= 0.6 is 0 Å². The van der Waals surface area contributed by atoms with Crippen LogP contribution in [0.1, 0.15) is 11.4 Å². The molecule has 3 heterocycles. The Balaban J connectivity index is 2.09. The molecular formula is C20H23N5O4. The molecule has 4 rings (SSSR count). The number of imidazole rings is 2. The fourth-order valence-electron chi connectivity index (χ4n) is 3.67. The summed E-state index contributed by atoms with van der Waals surface area (Å²) < 4.78 is 16.7. The molecule has 0 N–H and O–H groups in total. The van der Waals surface area contributed by atoms with Crippen molar-refractivity contribution >= 4 is 16.9 Å². The Labute approximate surface area is 166 Å². The van der Waals surface area contributed by atoms with Crippen molar-refractivity contribution in [1.82, 2.24) is 23.1 Å². The Morgan fingerprint density at radius 2 is 1.72 bits per heavy atom. The van der Waals surface area contributed by atoms with Crippen molar-refractivity contribution in [2.75, 3.05) is 20.8 Å². The van der Waals surface area contributed by atoms with Crippen LogP contribution in [0.2, 0.25) is 0 Å². The van der Waals surface area contributed by atoms with Gasteiger partial charge in [-0.2, -0.15) is 4.98 Å². The lowest BCUT2D eigenvalue weighted by atomic mass is 10.3. The van der Waals surface area contributed by atoms with E-state index in [-0.39, 0.29) is 18.7 Å². The van der Waals surface area contributed by atoms with Crippen LogP contribution in [0.15, 0.2) is 33.9 Å². The van der Waals surface area contributed by atoms with Crippen molar-refractivity contribution in [3.05, 3.63) is 56.5 Å². The largest absolute Gasteiger partial charge is 0.497 e. The minimum Gasteiger partial charge on any atom is -0.497 e. The lowest BCUT2D eigenvalue weighted by Gasteiger charge is -2.08. The maximum absolute atomic E-state index is 13.2. The molecule has 0 radical (unpaired) electrons. The third-order valence-electron chi connectivity index (χ3n) is 5.37. The molecule has 0 atom stereocenters. The van der Waals surface area contributed by atoms with Gasteiger partial charge in [-0.3, -0.25) is 22.9 Å². The Morgan fingerprint density at radius 3 is 2.34 bits per heavy atom. The summed E-state index contributed by atoms with van der Waals surface area (Å²) in [4.78, 5) is 30.5. The van der Waals surface area contributed by atoms with Gasteiger partial charge in [0.2, 0.25) is 5.78 Å². The summed E-state index contributed by atoms with van der Waals surface area (Å²) >= 11 is 0. The van der Waals surface area contributed by atoms with E-state index in [2.05, 4.69) is 4.98 Å². The smallest absolute Gasteiger partial charge is 0.332 e. The lowest BCUT2D eigenvalue weighted by molar-refractivity contribution is 0.184. The van der Waals surface area contributed by atoms with E-state index in [9.17, 15) is 9.59 Å². The van der Waals surface area contributed by atoms with Crippen LogP contribution in [0.3, 0.4) is 0 Å². The highest BCUT2D eigenvalue weighted by molar-refractivity contribution is 5.77. The zero-order valence-corrected chi connectivity index (χ0v) is 17.1. The molecule has 3 aromatic heterocycles. The SMILES string of the molecule is COCCn1c(=O)c2c(nc3n(-c4ccc(OC)cc4)c(C)c(C)n23)n(C)c1=O. The highest BCUT2D eigenvalue weighted by Crippen LogP contribution is 2.25. The molecule has 0 spiro atoms. The Kier molecular flexibility index (Phi) is 4.54. The van der Waals surface area contributed by atoms with Crippen LogP contribution in [-0.4, -0.2) is 43.9 Å². The van der Waals surface area contributed by atoms with Gasteiger partial charge in [-0.1, -0.05) is 0 Å². The van der Waals surface area contributed by atoms with Gasteiger partial charge in [0.05, 0.1) is 20.3 Å². The first-order valence-electron chi connectivity index (χ1n) is 9.24. The number of fused-ring (bicyclic) bond motifs is 3. The number of nitrogens with zero attached hydrogens (tertiary/aromatic N) is 5. The van der Waals surface area contributed by atoms with Crippen molar-refractivity contribution < 1.29 is 9.47 Å². The fourth-order valence-corrected chi connectivity index (χ4v) is 3.67. The molecular weight excluding hydrogens is 374 g/mol. The number of rotatable bonds is 5. The van der Waals surface area contributed by atoms with Gasteiger partial charge in [0.1, 0.15) is 5.75 Å². The van der Waals surface area contributed by atoms with Gasteiger partial charge in [-0.15, -0.1) is 0 Å². The molecule has 152 valence electrons. The molecule has 1 aromatic carbocycles. The van der Waals surface area contributed by atoms with E-state index in [4.69, 9.17) is 9.47 Å². The minimum absolute atomic E-state index is 0.183. The molecule has 0 bridgehead atoms. The molecule has 0 unspecified atom stereocenters. The molecule has 9 nitrogen and oxygen atoms in total. The summed E-state index contributed by atoms with van der Waals surface area (Å²) in [6.45, 7) is 4.37. The molecule has 0 fully saturated rings. The molecule has 29 heavy (non-hydrogen) atoms. The molecule has 9 heteroatoms. The van der Waals surface area contributed by atoms with E-state index < -0.39 is 5.69 Å². The van der Waals surface area contributed by atoms with Crippen molar-refractivity contribution in [2.24, 2.45) is 7.05 Å². The number of hydrogen-bond donors (Lipinski definition) is 0. The number of benzene rings is 1. The van der Waals surface area contributed by atoms with Crippen LogP contribution in [0.4, 0.5) is 0 Å². The molecule has 0 amide bonds. The van der Waals surface area contributed by atoms with Crippen LogP contribution < -0.4 is 16.0 Å². The lowest BCUT2D eigenvalue weighted by Crippen LogP contribution is -2.40. The van der Waals surface area contributed by atoms with E-state index in [1.54, 1.807) is 14.2 Å². The van der Waals surface area contributed by atoms with Crippen molar-refractivity contribution in [3.63, 3.8) is 0 Å². The first-order valence-corrected chi connectivity index (χ1v) is 9.24. The second kappa shape index (κ2) is 6.93. The summed E-state index contributed by atoms with van der Waals surface area (Å²) in [5, 5.41) is 0. The van der Waals surface area contributed by atoms with Gasteiger partial charge in [-0.25, -0.2) is 4.79 Å². The summed E-state index contributed by atoms with van der Waals surface area (Å²) in [5.74, 6) is 1.33. The number of aryl methyl sites for hydroxylation is 2. The Hall–Kier alpha value is -3.33. The predicted octanol–water partition coefficient (Wildman–Crippen LogP) is 1.41. The Morgan fingerprint density at radius 1 is 1.03 bits per heavy atom. The fraction of sp³-hybridized carbons (Fsp3) is 0.350. The monoisotopic (exact) mass is 397 g/mol. The first-order chi connectivity index (χ1) is 13.9. The van der Waals surface area contributed by atoms with Crippen molar-refractivity contribution in [2.45, 2.75) is 20.4 Å². The van der Waals surface area contributed by atoms with Gasteiger partial charge in [0, 0.05) is 31.2 Å². The van der Waals surface area contributed by atoms with Crippen molar-refractivity contribution in [1.29, 1.82) is 0 Å². The molecule has 0 aliphatic heterocycles. The zero-order valence-electron chi connectivity index (χ0n) is 17.1. The van der Waals surface area contributed by atoms with Crippen LogP contribution in [-0.2, 0) is 18.3 Å². The van der Waals surface area contributed by atoms with E-state index in [1.807, 2.05) is 47.1 Å². The third-order valence-corrected chi connectivity index (χ3v) is 5.37. The van der Waals surface area contributed by atoms with Gasteiger partial charge >= 0.3 is 5.69 Å². The molecule has 0 aliphatic carbocycles. The van der Waals surface area contributed by atoms with Crippen LogP contribution in [0, 0.1) is 13.8 Å². The van der Waals surface area contributed by atoms with E-state index in [0.717, 1.165) is 22.8 Å². The van der Waals surface area contributed by atoms with Crippen LogP contribution in [0.5, 0.6) is 5.75 Å². The standard InChI is InChI=1S/C20H23N5O4/c1-12-13(2)25-16-17(22(3)20(27)23(18(16)26)10-11-28-4)21-19(25)24(12)14-6-8-15(29-5)9-7-14/h6-9H,10-11H2,1-5H3. The number of methoxy groups -OCH3 is 2. The average Bonchev–Trinajstić information content (AvgIpc) is 3.22. The zero-order chi connectivity index (χ0) is 20.9. The van der Waals surface area contributed by atoms with Gasteiger partial charge in [-0.05, 0) is 38.1 Å². The highest BCUT2D eigenvalue weighted by Gasteiger charge is 2.23. The van der Waals surface area contributed by atoms with Gasteiger partial charge < -0.3 is 9.47 Å². The van der Waals surface area contributed by atoms with Crippen molar-refractivity contribution in [3.8, 4) is 11.4 Å². The topological polar surface area (TPSA) is 84.7 Å². The molecule has 0 aliphatic rings. The van der Waals surface area contributed by atoms with E-state index in [1.165, 1.54) is 16.2 Å². The highest BCUT2D eigenvalue weighted by atomic mass is 16.5. The third kappa shape index (κ3) is 2.69. The van der Waals surface area contributed by atoms with Gasteiger partial charge in [0.25, 0.3) is 5.56 Å². The predicted molar refractivity (Wildman–Crippen MR) is 109 cm³/mol. The quantitative estimate of drug-likeness (QED) is 0.508. The summed E-state index contributed by atoms with van der Waals surface area (Å²) in [5.41, 5.74) is 2.68. The summed E-state index contributed by atoms with van der Waals surface area (Å²) in [6, 6.07) is 7.61. The van der Waals surface area contributed by atoms with Crippen LogP contribution in [0.25, 0.3) is 22.6 Å². The summed E-state index contributed by atoms with van der Waals surface area (Å²) in [7, 11) is 4.78. The maximum atomic E-state index is 13.2. The number of ether oxygens (including phenoxy) is 2. The van der Waals surface area contributed by atoms with E-state index in [0.29, 0.717) is 16.9 Å². The van der Waals surface area contributed by atoms with E-state index >= 15 is 0 Å². The minimum atomic E-state index is -0.411. The second-order valence-electron chi connectivity index (χ2n) is 6.91. The first kappa shape index (κ1) is 19.0. The summed E-state index contributed by atoms with van der Waals surface area (Å²) in [6.07, 6.45) is 0. The molecule has 4 aromatic rings. The molecule has 0 saturated heterocycles. The Bertz CT molecular complexity index is 1340. The van der Waals surface area contributed by atoms with Gasteiger partial charge in [0.15, 0.2) is 11.2 Å². The second-order valence-corrected chi connectivity index (χ2v) is 6.91. The number of hydrogen-bond acceptors (Lipinski definition) is 5. The average molecular weight is 397 g/mol. The normalized spacial score (nSPS) is 11.6. The maximum Gasteiger partial charge on any atom is 0.332 e.